The lowest BCUT2D eigenvalue weighted by Gasteiger charge is -2.07. The van der Waals surface area contributed by atoms with Gasteiger partial charge in [0.05, 0.1) is 12.6 Å². The Kier molecular flexibility index (Phi) is 2.68. The van der Waals surface area contributed by atoms with Crippen LogP contribution in [0.3, 0.4) is 0 Å². The Morgan fingerprint density at radius 2 is 2.31 bits per heavy atom. The number of aromatic nitrogens is 1. The Labute approximate surface area is 92.8 Å². The van der Waals surface area contributed by atoms with Gasteiger partial charge in [-0.05, 0) is 24.3 Å². The number of nitrogens with zero attached hydrogens (tertiary/aromatic N) is 1. The molecule has 84 valence electrons. The summed E-state index contributed by atoms with van der Waals surface area (Å²) < 4.78 is 6.89. The van der Waals surface area contributed by atoms with Gasteiger partial charge < -0.3 is 15.9 Å². The summed E-state index contributed by atoms with van der Waals surface area (Å²) in [4.78, 5) is 10.7. The van der Waals surface area contributed by atoms with Crippen molar-refractivity contribution < 1.29 is 9.53 Å². The molecular weight excluding hydrogens is 206 g/mol. The standard InChI is InChI=1S/C11H13N3O2/c1-16-9-2-3-10-8(6-9)4-5-14(10)13-7-11(12)15/h2-6,13H,7H2,1H3,(H2,12,15). The van der Waals surface area contributed by atoms with Crippen LogP contribution in [0.4, 0.5) is 0 Å². The van der Waals surface area contributed by atoms with Crippen molar-refractivity contribution in [2.24, 2.45) is 5.73 Å². The SMILES string of the molecule is COc1ccc2c(ccn2NCC(N)=O)c1. The summed E-state index contributed by atoms with van der Waals surface area (Å²) in [6.45, 7) is 0.107. The van der Waals surface area contributed by atoms with Crippen LogP contribution in [0.2, 0.25) is 0 Å². The molecule has 3 N–H and O–H groups in total. The van der Waals surface area contributed by atoms with Gasteiger partial charge in [-0.2, -0.15) is 0 Å². The molecule has 5 heteroatoms. The van der Waals surface area contributed by atoms with Crippen LogP contribution >= 0.6 is 0 Å². The van der Waals surface area contributed by atoms with Crippen LogP contribution < -0.4 is 15.9 Å². The number of amides is 1. The third-order valence-corrected chi connectivity index (χ3v) is 2.32. The molecule has 0 aliphatic heterocycles. The van der Waals surface area contributed by atoms with Crippen LogP contribution in [0.5, 0.6) is 5.75 Å². The molecule has 0 spiro atoms. The molecule has 16 heavy (non-hydrogen) atoms. The van der Waals surface area contributed by atoms with Gasteiger partial charge >= 0.3 is 0 Å². The molecule has 0 radical (unpaired) electrons. The maximum atomic E-state index is 10.7. The van der Waals surface area contributed by atoms with Crippen LogP contribution in [-0.4, -0.2) is 24.2 Å². The van der Waals surface area contributed by atoms with Crippen molar-refractivity contribution in [1.29, 1.82) is 0 Å². The molecule has 0 aliphatic rings. The molecule has 0 saturated carbocycles. The first-order chi connectivity index (χ1) is 7.70. The van der Waals surface area contributed by atoms with Crippen molar-refractivity contribution >= 4 is 16.8 Å². The first-order valence-corrected chi connectivity index (χ1v) is 4.88. The predicted molar refractivity (Wildman–Crippen MR) is 61.9 cm³/mol. The van der Waals surface area contributed by atoms with E-state index >= 15 is 0 Å². The molecule has 0 aliphatic carbocycles. The van der Waals surface area contributed by atoms with E-state index in [1.54, 1.807) is 11.8 Å². The number of fused-ring (bicyclic) bond motifs is 1. The first-order valence-electron chi connectivity index (χ1n) is 4.88. The Morgan fingerprint density at radius 1 is 1.50 bits per heavy atom. The zero-order chi connectivity index (χ0) is 11.5. The van der Waals surface area contributed by atoms with Gasteiger partial charge in [-0.15, -0.1) is 0 Å². The molecule has 1 heterocycles. The van der Waals surface area contributed by atoms with Gasteiger partial charge in [0.1, 0.15) is 12.3 Å². The van der Waals surface area contributed by atoms with E-state index in [4.69, 9.17) is 10.5 Å². The summed E-state index contributed by atoms with van der Waals surface area (Å²) in [7, 11) is 1.63. The average molecular weight is 219 g/mol. The fourth-order valence-corrected chi connectivity index (χ4v) is 1.55. The van der Waals surface area contributed by atoms with E-state index in [0.717, 1.165) is 16.7 Å². The van der Waals surface area contributed by atoms with E-state index in [2.05, 4.69) is 5.43 Å². The summed E-state index contributed by atoms with van der Waals surface area (Å²) >= 11 is 0. The van der Waals surface area contributed by atoms with E-state index in [9.17, 15) is 4.79 Å². The quantitative estimate of drug-likeness (QED) is 0.794. The molecule has 0 saturated heterocycles. The molecule has 2 rings (SSSR count). The highest BCUT2D eigenvalue weighted by molar-refractivity contribution is 5.82. The van der Waals surface area contributed by atoms with Crippen molar-refractivity contribution in [3.8, 4) is 5.75 Å². The number of carbonyl (C=O) groups excluding carboxylic acids is 1. The molecule has 1 aromatic heterocycles. The zero-order valence-electron chi connectivity index (χ0n) is 8.93. The second-order valence-electron chi connectivity index (χ2n) is 3.41. The lowest BCUT2D eigenvalue weighted by atomic mass is 10.2. The van der Waals surface area contributed by atoms with Crippen molar-refractivity contribution in [3.05, 3.63) is 30.5 Å². The molecule has 1 aromatic carbocycles. The van der Waals surface area contributed by atoms with Crippen LogP contribution in [0, 0.1) is 0 Å². The number of hydrogen-bond acceptors (Lipinski definition) is 3. The second kappa shape index (κ2) is 4.14. The fourth-order valence-electron chi connectivity index (χ4n) is 1.55. The summed E-state index contributed by atoms with van der Waals surface area (Å²) in [6.07, 6.45) is 1.84. The first kappa shape index (κ1) is 10.4. The molecule has 5 nitrogen and oxygen atoms in total. The number of rotatable bonds is 4. The average Bonchev–Trinajstić information content (AvgIpc) is 2.68. The number of methoxy groups -OCH3 is 1. The topological polar surface area (TPSA) is 69.3 Å². The van der Waals surface area contributed by atoms with Gasteiger partial charge in [0.15, 0.2) is 0 Å². The Balaban J connectivity index is 2.30. The minimum Gasteiger partial charge on any atom is -0.497 e. The normalized spacial score (nSPS) is 10.3. The van der Waals surface area contributed by atoms with Gasteiger partial charge in [0, 0.05) is 11.6 Å². The number of primary amides is 1. The van der Waals surface area contributed by atoms with E-state index < -0.39 is 5.91 Å². The number of carbonyl (C=O) groups is 1. The summed E-state index contributed by atoms with van der Waals surface area (Å²) in [5.74, 6) is 0.413. The highest BCUT2D eigenvalue weighted by Gasteiger charge is 2.02. The molecular formula is C11H13N3O2. The monoisotopic (exact) mass is 219 g/mol. The minimum atomic E-state index is -0.393. The number of nitrogens with two attached hydrogens (primary N) is 1. The maximum absolute atomic E-state index is 10.7. The van der Waals surface area contributed by atoms with Crippen molar-refractivity contribution in [2.45, 2.75) is 0 Å². The largest absolute Gasteiger partial charge is 0.497 e. The lowest BCUT2D eigenvalue weighted by molar-refractivity contribution is -0.116. The molecule has 0 unspecified atom stereocenters. The van der Waals surface area contributed by atoms with Crippen LogP contribution in [0.1, 0.15) is 0 Å². The Hall–Kier alpha value is -2.17. The van der Waals surface area contributed by atoms with E-state index in [-0.39, 0.29) is 6.54 Å². The third-order valence-electron chi connectivity index (χ3n) is 2.32. The molecule has 1 amide bonds. The van der Waals surface area contributed by atoms with Crippen molar-refractivity contribution in [2.75, 3.05) is 19.1 Å². The third kappa shape index (κ3) is 1.93. The van der Waals surface area contributed by atoms with Gasteiger partial charge in [-0.1, -0.05) is 0 Å². The van der Waals surface area contributed by atoms with Crippen LogP contribution in [0.25, 0.3) is 10.9 Å². The van der Waals surface area contributed by atoms with Crippen LogP contribution in [-0.2, 0) is 4.79 Å². The van der Waals surface area contributed by atoms with Gasteiger partial charge in [-0.25, -0.2) is 0 Å². The zero-order valence-corrected chi connectivity index (χ0v) is 8.93. The number of hydrogen-bond donors (Lipinski definition) is 2. The summed E-state index contributed by atoms with van der Waals surface area (Å²) in [5, 5.41) is 1.04. The van der Waals surface area contributed by atoms with Crippen molar-refractivity contribution in [1.82, 2.24) is 4.68 Å². The van der Waals surface area contributed by atoms with Gasteiger partial charge in [-0.3, -0.25) is 9.47 Å². The van der Waals surface area contributed by atoms with E-state index in [0.29, 0.717) is 0 Å². The van der Waals surface area contributed by atoms with Gasteiger partial charge in [0.25, 0.3) is 0 Å². The molecule has 0 bridgehead atoms. The van der Waals surface area contributed by atoms with E-state index in [1.807, 2.05) is 30.5 Å². The fraction of sp³-hybridized carbons (Fsp3) is 0.182. The molecule has 2 aromatic rings. The highest BCUT2D eigenvalue weighted by atomic mass is 16.5. The molecule has 0 atom stereocenters. The smallest absolute Gasteiger partial charge is 0.238 e. The Bertz CT molecular complexity index is 519. The molecule has 0 fully saturated rings. The highest BCUT2D eigenvalue weighted by Crippen LogP contribution is 2.20. The van der Waals surface area contributed by atoms with Gasteiger partial charge in [0.2, 0.25) is 5.91 Å². The Morgan fingerprint density at radius 3 is 3.00 bits per heavy atom. The van der Waals surface area contributed by atoms with Crippen LogP contribution in [0.15, 0.2) is 30.5 Å². The van der Waals surface area contributed by atoms with Crippen molar-refractivity contribution in [3.63, 3.8) is 0 Å². The minimum absolute atomic E-state index is 0.107. The van der Waals surface area contributed by atoms with E-state index in [1.165, 1.54) is 0 Å². The second-order valence-corrected chi connectivity index (χ2v) is 3.41. The summed E-state index contributed by atoms with van der Waals surface area (Å²) in [6, 6.07) is 7.65. The summed E-state index contributed by atoms with van der Waals surface area (Å²) in [5.41, 5.74) is 8.94. The number of ether oxygens (including phenoxy) is 1. The predicted octanol–water partition coefficient (Wildman–Crippen LogP) is 0.679. The number of nitrogens with one attached hydrogen (secondary N) is 1. The number of benzene rings is 1. The maximum Gasteiger partial charge on any atom is 0.238 e. The lowest BCUT2D eigenvalue weighted by Crippen LogP contribution is -2.27.